The van der Waals surface area contributed by atoms with Crippen molar-refractivity contribution < 1.29 is 14.4 Å². The lowest BCUT2D eigenvalue weighted by atomic mass is 10.1. The van der Waals surface area contributed by atoms with E-state index in [0.717, 1.165) is 19.6 Å². The number of benzene rings is 2. The maximum Gasteiger partial charge on any atom is 0.262 e. The fourth-order valence-corrected chi connectivity index (χ4v) is 3.00. The molecule has 0 spiro atoms. The summed E-state index contributed by atoms with van der Waals surface area (Å²) in [4.78, 5) is 37.7. The largest absolute Gasteiger partial charge is 0.350 e. The van der Waals surface area contributed by atoms with Crippen LogP contribution in [0.3, 0.4) is 0 Å². The zero-order valence-electron chi connectivity index (χ0n) is 13.0. The molecule has 1 N–H and O–H groups in total. The first-order valence-corrected chi connectivity index (χ1v) is 8.51. The summed E-state index contributed by atoms with van der Waals surface area (Å²) in [5, 5.41) is 2.74. The van der Waals surface area contributed by atoms with Crippen LogP contribution in [0.2, 0.25) is 0 Å². The Hall–Kier alpha value is -2.22. The van der Waals surface area contributed by atoms with Crippen LogP contribution in [0, 0.1) is 10.5 Å². The minimum Gasteiger partial charge on any atom is -0.350 e. The second kappa shape index (κ2) is 6.72. The number of carbonyl (C=O) groups excluding carboxylic acids is 3. The number of carbonyl (C=O) groups is 3. The SMILES string of the molecule is Cc1ccc(CNC(=O)CN2C(=O)c3ccc(I)cc3C2=O)cc1. The average molecular weight is 434 g/mol. The molecule has 5 nitrogen and oxygen atoms in total. The lowest BCUT2D eigenvalue weighted by molar-refractivity contribution is -0.121. The summed E-state index contributed by atoms with van der Waals surface area (Å²) in [6.45, 7) is 2.08. The van der Waals surface area contributed by atoms with Crippen LogP contribution in [0.1, 0.15) is 31.8 Å². The molecule has 0 saturated carbocycles. The summed E-state index contributed by atoms with van der Waals surface area (Å²) < 4.78 is 0.873. The molecule has 1 aliphatic rings. The van der Waals surface area contributed by atoms with Gasteiger partial charge in [-0.15, -0.1) is 0 Å². The van der Waals surface area contributed by atoms with Crippen molar-refractivity contribution in [3.8, 4) is 0 Å². The number of aryl methyl sites for hydroxylation is 1. The Labute approximate surface area is 153 Å². The van der Waals surface area contributed by atoms with Gasteiger partial charge in [-0.05, 0) is 53.3 Å². The fraction of sp³-hybridized carbons (Fsp3) is 0.167. The molecule has 0 aliphatic carbocycles. The molecule has 0 bridgehead atoms. The number of nitrogens with zero attached hydrogens (tertiary/aromatic N) is 1. The zero-order valence-corrected chi connectivity index (χ0v) is 15.2. The molecule has 0 unspecified atom stereocenters. The van der Waals surface area contributed by atoms with Crippen LogP contribution in [0.25, 0.3) is 0 Å². The second-order valence-corrected chi connectivity index (χ2v) is 6.89. The van der Waals surface area contributed by atoms with Crippen molar-refractivity contribution in [1.82, 2.24) is 10.2 Å². The Morgan fingerprint density at radius 1 is 1.04 bits per heavy atom. The van der Waals surface area contributed by atoms with Gasteiger partial charge in [-0.25, -0.2) is 0 Å². The van der Waals surface area contributed by atoms with Crippen molar-refractivity contribution in [2.24, 2.45) is 0 Å². The van der Waals surface area contributed by atoms with E-state index >= 15 is 0 Å². The van der Waals surface area contributed by atoms with E-state index in [1.165, 1.54) is 0 Å². The van der Waals surface area contributed by atoms with Gasteiger partial charge in [0.2, 0.25) is 5.91 Å². The molecule has 6 heteroatoms. The summed E-state index contributed by atoms with van der Waals surface area (Å²) in [6.07, 6.45) is 0. The minimum atomic E-state index is -0.420. The molecule has 1 aliphatic heterocycles. The number of hydrogen-bond donors (Lipinski definition) is 1. The molecule has 3 amide bonds. The monoisotopic (exact) mass is 434 g/mol. The third-order valence-corrected chi connectivity index (χ3v) is 4.52. The maximum atomic E-state index is 12.3. The van der Waals surface area contributed by atoms with Crippen LogP contribution in [-0.4, -0.2) is 29.2 Å². The van der Waals surface area contributed by atoms with Gasteiger partial charge in [0.05, 0.1) is 11.1 Å². The van der Waals surface area contributed by atoms with Gasteiger partial charge in [-0.2, -0.15) is 0 Å². The number of nitrogens with one attached hydrogen (secondary N) is 1. The number of hydrogen-bond acceptors (Lipinski definition) is 3. The zero-order chi connectivity index (χ0) is 17.3. The van der Waals surface area contributed by atoms with E-state index in [1.54, 1.807) is 18.2 Å². The van der Waals surface area contributed by atoms with E-state index in [0.29, 0.717) is 17.7 Å². The Morgan fingerprint density at radius 2 is 1.71 bits per heavy atom. The molecule has 2 aromatic rings. The quantitative estimate of drug-likeness (QED) is 0.594. The predicted octanol–water partition coefficient (Wildman–Crippen LogP) is 2.51. The molecule has 0 saturated heterocycles. The normalized spacial score (nSPS) is 13.2. The number of imide groups is 1. The highest BCUT2D eigenvalue weighted by Gasteiger charge is 2.36. The van der Waals surface area contributed by atoms with Gasteiger partial charge in [0, 0.05) is 10.1 Å². The molecule has 2 aromatic carbocycles. The highest BCUT2D eigenvalue weighted by atomic mass is 127. The molecule has 0 aromatic heterocycles. The average Bonchev–Trinajstić information content (AvgIpc) is 2.79. The van der Waals surface area contributed by atoms with Gasteiger partial charge in [0.15, 0.2) is 0 Å². The number of halogens is 1. The summed E-state index contributed by atoms with van der Waals surface area (Å²) >= 11 is 2.08. The van der Waals surface area contributed by atoms with E-state index in [2.05, 4.69) is 27.9 Å². The first kappa shape index (κ1) is 16.6. The Morgan fingerprint density at radius 3 is 2.42 bits per heavy atom. The van der Waals surface area contributed by atoms with Crippen molar-refractivity contribution in [1.29, 1.82) is 0 Å². The van der Waals surface area contributed by atoms with Gasteiger partial charge < -0.3 is 5.32 Å². The van der Waals surface area contributed by atoms with Crippen molar-refractivity contribution in [3.05, 3.63) is 68.3 Å². The molecule has 0 fully saturated rings. The molecule has 1 heterocycles. The molecule has 24 heavy (non-hydrogen) atoms. The summed E-state index contributed by atoms with van der Waals surface area (Å²) in [6, 6.07) is 12.9. The highest BCUT2D eigenvalue weighted by molar-refractivity contribution is 14.1. The molecule has 0 radical (unpaired) electrons. The summed E-state index contributed by atoms with van der Waals surface area (Å²) in [5.74, 6) is -1.20. The summed E-state index contributed by atoms with van der Waals surface area (Å²) in [7, 11) is 0. The number of rotatable bonds is 4. The van der Waals surface area contributed by atoms with Crippen LogP contribution < -0.4 is 5.32 Å². The lowest BCUT2D eigenvalue weighted by Crippen LogP contribution is -2.40. The number of fused-ring (bicyclic) bond motifs is 1. The van der Waals surface area contributed by atoms with E-state index < -0.39 is 11.8 Å². The van der Waals surface area contributed by atoms with Crippen molar-refractivity contribution in [2.45, 2.75) is 13.5 Å². The van der Waals surface area contributed by atoms with E-state index in [4.69, 9.17) is 0 Å². The third kappa shape index (κ3) is 3.33. The Balaban J connectivity index is 1.64. The van der Waals surface area contributed by atoms with E-state index in [-0.39, 0.29) is 12.5 Å². The number of amides is 3. The predicted molar refractivity (Wildman–Crippen MR) is 97.6 cm³/mol. The lowest BCUT2D eigenvalue weighted by Gasteiger charge is -2.13. The summed E-state index contributed by atoms with van der Waals surface area (Å²) in [5.41, 5.74) is 2.82. The van der Waals surface area contributed by atoms with Crippen molar-refractivity contribution in [3.63, 3.8) is 0 Å². The molecular formula is C18H15IN2O3. The molecule has 3 rings (SSSR count). The van der Waals surface area contributed by atoms with Gasteiger partial charge in [-0.1, -0.05) is 29.8 Å². The first-order valence-electron chi connectivity index (χ1n) is 7.43. The van der Waals surface area contributed by atoms with E-state index in [9.17, 15) is 14.4 Å². The third-order valence-electron chi connectivity index (χ3n) is 3.84. The minimum absolute atomic E-state index is 0.269. The standard InChI is InChI=1S/C18H15IN2O3/c1-11-2-4-12(5-3-11)9-20-16(22)10-21-17(23)14-7-6-13(19)8-15(14)18(21)24/h2-8H,9-10H2,1H3,(H,20,22). The van der Waals surface area contributed by atoms with Gasteiger partial charge >= 0.3 is 0 Å². The van der Waals surface area contributed by atoms with Crippen LogP contribution in [0.4, 0.5) is 0 Å². The fourth-order valence-electron chi connectivity index (χ4n) is 2.51. The van der Waals surface area contributed by atoms with Crippen LogP contribution in [-0.2, 0) is 11.3 Å². The molecule has 122 valence electrons. The van der Waals surface area contributed by atoms with Gasteiger partial charge in [0.25, 0.3) is 11.8 Å². The van der Waals surface area contributed by atoms with Crippen LogP contribution >= 0.6 is 22.6 Å². The Kier molecular flexibility index (Phi) is 4.66. The Bertz CT molecular complexity index is 831. The smallest absolute Gasteiger partial charge is 0.262 e. The topological polar surface area (TPSA) is 66.5 Å². The van der Waals surface area contributed by atoms with Crippen LogP contribution in [0.5, 0.6) is 0 Å². The van der Waals surface area contributed by atoms with Gasteiger partial charge in [-0.3, -0.25) is 19.3 Å². The highest BCUT2D eigenvalue weighted by Crippen LogP contribution is 2.24. The molecule has 0 atom stereocenters. The van der Waals surface area contributed by atoms with Crippen molar-refractivity contribution >= 4 is 40.3 Å². The maximum absolute atomic E-state index is 12.3. The molecular weight excluding hydrogens is 419 g/mol. The van der Waals surface area contributed by atoms with Crippen molar-refractivity contribution in [2.75, 3.05) is 6.54 Å². The second-order valence-electron chi connectivity index (χ2n) is 5.65. The first-order chi connectivity index (χ1) is 11.5. The van der Waals surface area contributed by atoms with E-state index in [1.807, 2.05) is 31.2 Å². The van der Waals surface area contributed by atoms with Gasteiger partial charge in [0.1, 0.15) is 6.54 Å². The van der Waals surface area contributed by atoms with Crippen LogP contribution in [0.15, 0.2) is 42.5 Å².